The van der Waals surface area contributed by atoms with Gasteiger partial charge in [-0.05, 0) is 29.8 Å². The van der Waals surface area contributed by atoms with Crippen molar-refractivity contribution in [3.8, 4) is 0 Å². The number of fused-ring (bicyclic) bond motifs is 1. The lowest BCUT2D eigenvalue weighted by Gasteiger charge is -2.41. The van der Waals surface area contributed by atoms with Gasteiger partial charge in [-0.1, -0.05) is 12.1 Å². The molecule has 2 unspecified atom stereocenters. The fraction of sp³-hybridized carbons (Fsp3) is 0.412. The van der Waals surface area contributed by atoms with Crippen LogP contribution in [0.3, 0.4) is 0 Å². The van der Waals surface area contributed by atoms with Crippen LogP contribution in [0.15, 0.2) is 47.9 Å². The fourth-order valence-corrected chi connectivity index (χ4v) is 3.36. The summed E-state index contributed by atoms with van der Waals surface area (Å²) in [5.74, 6) is -1.01. The summed E-state index contributed by atoms with van der Waals surface area (Å²) in [6, 6.07) is 5.78. The van der Waals surface area contributed by atoms with Crippen LogP contribution in [0.4, 0.5) is 17.6 Å². The number of aliphatic hydroxyl groups is 1. The van der Waals surface area contributed by atoms with Crippen LogP contribution < -0.4 is 0 Å². The van der Waals surface area contributed by atoms with E-state index in [9.17, 15) is 22.7 Å². The van der Waals surface area contributed by atoms with E-state index in [1.807, 2.05) is 0 Å². The molecule has 3 rings (SSSR count). The van der Waals surface area contributed by atoms with Gasteiger partial charge in [0.05, 0.1) is 6.61 Å². The van der Waals surface area contributed by atoms with Gasteiger partial charge in [-0.25, -0.2) is 4.39 Å². The van der Waals surface area contributed by atoms with E-state index in [-0.39, 0.29) is 37.2 Å². The molecule has 1 aromatic carbocycles. The molecule has 0 spiro atoms. The molecule has 3 nitrogen and oxygen atoms in total. The smallest absolute Gasteiger partial charge is 0.497 e. The third-order valence-corrected chi connectivity index (χ3v) is 4.36. The molecule has 1 fully saturated rings. The van der Waals surface area contributed by atoms with E-state index in [2.05, 4.69) is 4.74 Å². The number of aliphatic hydroxyl groups excluding tert-OH is 1. The fourth-order valence-electron chi connectivity index (χ4n) is 3.36. The van der Waals surface area contributed by atoms with Gasteiger partial charge >= 0.3 is 6.36 Å². The van der Waals surface area contributed by atoms with Crippen molar-refractivity contribution in [2.45, 2.75) is 18.7 Å². The van der Waals surface area contributed by atoms with Gasteiger partial charge in [0.2, 0.25) is 0 Å². The van der Waals surface area contributed by atoms with E-state index in [4.69, 9.17) is 4.74 Å². The van der Waals surface area contributed by atoms with Crippen LogP contribution >= 0.6 is 0 Å². The van der Waals surface area contributed by atoms with E-state index in [0.717, 1.165) is 5.56 Å². The van der Waals surface area contributed by atoms with E-state index in [1.54, 1.807) is 12.1 Å². The predicted molar refractivity (Wildman–Crippen MR) is 77.1 cm³/mol. The molecule has 3 atom stereocenters. The Labute approximate surface area is 136 Å². The average molecular weight is 344 g/mol. The zero-order valence-electron chi connectivity index (χ0n) is 12.6. The number of ether oxygens (including phenoxy) is 2. The van der Waals surface area contributed by atoms with Crippen molar-refractivity contribution in [2.75, 3.05) is 13.2 Å². The first-order valence-corrected chi connectivity index (χ1v) is 7.53. The van der Waals surface area contributed by atoms with Crippen molar-refractivity contribution in [1.82, 2.24) is 0 Å². The van der Waals surface area contributed by atoms with Crippen molar-refractivity contribution in [1.29, 1.82) is 0 Å². The number of rotatable bonds is 3. The number of hydrogen-bond donors (Lipinski definition) is 1. The molecule has 0 amide bonds. The topological polar surface area (TPSA) is 38.7 Å². The second-order valence-corrected chi connectivity index (χ2v) is 5.89. The molecule has 130 valence electrons. The minimum Gasteiger partial charge on any atom is -0.497 e. The lowest BCUT2D eigenvalue weighted by atomic mass is 9.72. The highest BCUT2D eigenvalue weighted by atomic mass is 19.4. The van der Waals surface area contributed by atoms with Gasteiger partial charge in [0, 0.05) is 30.8 Å². The molecule has 1 aromatic rings. The Hall–Kier alpha value is -2.02. The second kappa shape index (κ2) is 6.47. The Morgan fingerprint density at radius 3 is 2.50 bits per heavy atom. The van der Waals surface area contributed by atoms with Crippen molar-refractivity contribution in [3.05, 3.63) is 59.3 Å². The molecule has 1 aliphatic heterocycles. The highest BCUT2D eigenvalue weighted by Gasteiger charge is 2.42. The van der Waals surface area contributed by atoms with E-state index in [0.29, 0.717) is 5.76 Å². The molecular weight excluding hydrogens is 328 g/mol. The van der Waals surface area contributed by atoms with Gasteiger partial charge in [0.15, 0.2) is 0 Å². The third kappa shape index (κ3) is 3.56. The summed E-state index contributed by atoms with van der Waals surface area (Å²) in [7, 11) is 0. The molecule has 1 N–H and O–H groups in total. The van der Waals surface area contributed by atoms with Crippen molar-refractivity contribution in [3.63, 3.8) is 0 Å². The maximum Gasteiger partial charge on any atom is 0.572 e. The summed E-state index contributed by atoms with van der Waals surface area (Å²) in [5.41, 5.74) is 0.753. The van der Waals surface area contributed by atoms with Crippen molar-refractivity contribution in [2.24, 2.45) is 11.8 Å². The number of allylic oxidation sites excluding steroid dienone is 4. The van der Waals surface area contributed by atoms with E-state index in [1.165, 1.54) is 24.3 Å². The highest BCUT2D eigenvalue weighted by Crippen LogP contribution is 2.46. The van der Waals surface area contributed by atoms with Gasteiger partial charge in [0.25, 0.3) is 0 Å². The molecule has 0 radical (unpaired) electrons. The number of alkyl halides is 3. The van der Waals surface area contributed by atoms with Crippen LogP contribution in [-0.4, -0.2) is 24.7 Å². The lowest BCUT2D eigenvalue weighted by molar-refractivity contribution is -0.307. The summed E-state index contributed by atoms with van der Waals surface area (Å²) in [5, 5.41) is 9.62. The number of hydrogen-bond acceptors (Lipinski definition) is 3. The zero-order valence-corrected chi connectivity index (χ0v) is 12.6. The normalized spacial score (nSPS) is 26.8. The third-order valence-electron chi connectivity index (χ3n) is 4.36. The minimum absolute atomic E-state index is 0.00386. The first-order valence-electron chi connectivity index (χ1n) is 7.53. The van der Waals surface area contributed by atoms with Gasteiger partial charge < -0.3 is 14.6 Å². The summed E-state index contributed by atoms with van der Waals surface area (Å²) < 4.78 is 60.2. The Balaban J connectivity index is 1.90. The monoisotopic (exact) mass is 344 g/mol. The first-order chi connectivity index (χ1) is 11.4. The molecule has 0 aromatic heterocycles. The van der Waals surface area contributed by atoms with Crippen LogP contribution in [0.5, 0.6) is 0 Å². The summed E-state index contributed by atoms with van der Waals surface area (Å²) in [4.78, 5) is 0. The van der Waals surface area contributed by atoms with Crippen LogP contribution in [-0.2, 0) is 9.47 Å². The van der Waals surface area contributed by atoms with Crippen molar-refractivity contribution >= 4 is 0 Å². The average Bonchev–Trinajstić information content (AvgIpc) is 2.53. The summed E-state index contributed by atoms with van der Waals surface area (Å²) >= 11 is 0. The van der Waals surface area contributed by atoms with Crippen molar-refractivity contribution < 1.29 is 32.1 Å². The van der Waals surface area contributed by atoms with Crippen LogP contribution in [0.25, 0.3) is 0 Å². The lowest BCUT2D eigenvalue weighted by Crippen LogP contribution is -2.36. The minimum atomic E-state index is -4.76. The summed E-state index contributed by atoms with van der Waals surface area (Å²) in [6.45, 7) is 0.0785. The van der Waals surface area contributed by atoms with Gasteiger partial charge in [-0.3, -0.25) is 0 Å². The van der Waals surface area contributed by atoms with Crippen LogP contribution in [0.1, 0.15) is 17.9 Å². The first kappa shape index (κ1) is 16.8. The Bertz CT molecular complexity index is 649. The predicted octanol–water partition coefficient (Wildman–Crippen LogP) is 3.87. The molecule has 2 aliphatic rings. The largest absolute Gasteiger partial charge is 0.572 e. The van der Waals surface area contributed by atoms with E-state index >= 15 is 0 Å². The molecule has 0 bridgehead atoms. The SMILES string of the molecule is OCC1COC2=CC=C(OC(F)(F)F)CC2[C@H]1c1ccc(F)cc1. The Morgan fingerprint density at radius 1 is 1.17 bits per heavy atom. The summed E-state index contributed by atoms with van der Waals surface area (Å²) in [6.07, 6.45) is -2.03. The van der Waals surface area contributed by atoms with Crippen LogP contribution in [0, 0.1) is 17.7 Å². The maximum atomic E-state index is 13.2. The Morgan fingerprint density at radius 2 is 1.88 bits per heavy atom. The second-order valence-electron chi connectivity index (χ2n) is 5.89. The van der Waals surface area contributed by atoms with Gasteiger partial charge in [-0.2, -0.15) is 0 Å². The van der Waals surface area contributed by atoms with E-state index < -0.39 is 18.1 Å². The molecular formula is C17H16F4O3. The molecule has 1 aliphatic carbocycles. The molecule has 7 heteroatoms. The molecule has 0 saturated carbocycles. The maximum absolute atomic E-state index is 13.2. The molecule has 1 heterocycles. The van der Waals surface area contributed by atoms with Gasteiger partial charge in [-0.15, -0.1) is 13.2 Å². The highest BCUT2D eigenvalue weighted by molar-refractivity contribution is 5.31. The van der Waals surface area contributed by atoms with Gasteiger partial charge in [0.1, 0.15) is 17.3 Å². The molecule has 24 heavy (non-hydrogen) atoms. The number of benzene rings is 1. The quantitative estimate of drug-likeness (QED) is 0.846. The Kier molecular flexibility index (Phi) is 4.54. The van der Waals surface area contributed by atoms with Crippen LogP contribution in [0.2, 0.25) is 0 Å². The zero-order chi connectivity index (χ0) is 17.3. The molecule has 1 saturated heterocycles. The standard InChI is InChI=1S/C17H16F4O3/c18-12-3-1-10(2-4-12)16-11(8-22)9-23-15-6-5-13(7-14(15)16)24-17(19,20)21/h1-6,11,14,16,22H,7-9H2/t11?,14?,16-/m0/s1. The number of halogens is 4.